The second kappa shape index (κ2) is 5.17. The van der Waals surface area contributed by atoms with Crippen molar-refractivity contribution in [2.24, 2.45) is 17.3 Å². The average Bonchev–Trinajstić information content (AvgIpc) is 3.13. The van der Waals surface area contributed by atoms with Crippen molar-refractivity contribution in [1.82, 2.24) is 0 Å². The molecule has 21 heavy (non-hydrogen) atoms. The van der Waals surface area contributed by atoms with Crippen LogP contribution in [0.2, 0.25) is 0 Å². The van der Waals surface area contributed by atoms with E-state index < -0.39 is 17.4 Å². The molecule has 0 spiro atoms. The third-order valence-electron chi connectivity index (χ3n) is 5.28. The highest BCUT2D eigenvalue weighted by Gasteiger charge is 2.68. The SMILES string of the molecule is COC(=O)C1(C(=O)OC)C2CCC(C2)C1c1ccccc1. The Labute approximate surface area is 124 Å². The lowest BCUT2D eigenvalue weighted by Crippen LogP contribution is -2.50. The fourth-order valence-electron chi connectivity index (χ4n) is 4.56. The van der Waals surface area contributed by atoms with E-state index in [1.165, 1.54) is 14.2 Å². The molecule has 2 saturated carbocycles. The lowest BCUT2D eigenvalue weighted by molar-refractivity contribution is -0.175. The summed E-state index contributed by atoms with van der Waals surface area (Å²) < 4.78 is 10.1. The van der Waals surface area contributed by atoms with Crippen molar-refractivity contribution < 1.29 is 19.1 Å². The number of fused-ring (bicyclic) bond motifs is 2. The summed E-state index contributed by atoms with van der Waals surface area (Å²) in [5.41, 5.74) is -0.145. The molecule has 2 aliphatic carbocycles. The number of hydrogen-bond donors (Lipinski definition) is 0. The number of ether oxygens (including phenoxy) is 2. The van der Waals surface area contributed by atoms with Crippen molar-refractivity contribution in [1.29, 1.82) is 0 Å². The molecule has 3 rings (SSSR count). The van der Waals surface area contributed by atoms with E-state index >= 15 is 0 Å². The molecule has 0 aliphatic heterocycles. The van der Waals surface area contributed by atoms with E-state index in [1.54, 1.807) is 0 Å². The number of carbonyl (C=O) groups excluding carboxylic acids is 2. The first-order chi connectivity index (χ1) is 10.2. The fourth-order valence-corrected chi connectivity index (χ4v) is 4.56. The number of carbonyl (C=O) groups is 2. The zero-order chi connectivity index (χ0) is 15.0. The van der Waals surface area contributed by atoms with E-state index in [9.17, 15) is 9.59 Å². The van der Waals surface area contributed by atoms with Gasteiger partial charge in [0.2, 0.25) is 0 Å². The second-order valence-corrected chi connectivity index (χ2v) is 6.01. The van der Waals surface area contributed by atoms with E-state index in [-0.39, 0.29) is 11.8 Å². The van der Waals surface area contributed by atoms with Crippen LogP contribution in [0, 0.1) is 17.3 Å². The molecule has 1 aromatic rings. The summed E-state index contributed by atoms with van der Waals surface area (Å²) in [6, 6.07) is 9.81. The van der Waals surface area contributed by atoms with Crippen LogP contribution in [0.5, 0.6) is 0 Å². The van der Waals surface area contributed by atoms with Crippen LogP contribution in [0.4, 0.5) is 0 Å². The quantitative estimate of drug-likeness (QED) is 0.633. The van der Waals surface area contributed by atoms with Gasteiger partial charge in [-0.1, -0.05) is 30.3 Å². The van der Waals surface area contributed by atoms with Gasteiger partial charge in [0.05, 0.1) is 14.2 Å². The number of methoxy groups -OCH3 is 2. The molecule has 1 aromatic carbocycles. The zero-order valence-electron chi connectivity index (χ0n) is 12.4. The Bertz CT molecular complexity index is 535. The third-order valence-corrected chi connectivity index (χ3v) is 5.28. The fraction of sp³-hybridized carbons (Fsp3) is 0.529. The molecule has 0 aromatic heterocycles. The van der Waals surface area contributed by atoms with E-state index in [4.69, 9.17) is 9.47 Å². The van der Waals surface area contributed by atoms with Crippen LogP contribution >= 0.6 is 0 Å². The predicted molar refractivity (Wildman–Crippen MR) is 76.5 cm³/mol. The normalized spacial score (nSPS) is 29.1. The van der Waals surface area contributed by atoms with Crippen LogP contribution in [-0.4, -0.2) is 26.2 Å². The molecular weight excluding hydrogens is 268 g/mol. The lowest BCUT2D eigenvalue weighted by atomic mass is 9.63. The summed E-state index contributed by atoms with van der Waals surface area (Å²) in [5.74, 6) is -0.675. The molecule has 2 bridgehead atoms. The van der Waals surface area contributed by atoms with Crippen molar-refractivity contribution in [3.05, 3.63) is 35.9 Å². The van der Waals surface area contributed by atoms with Crippen LogP contribution in [0.25, 0.3) is 0 Å². The largest absolute Gasteiger partial charge is 0.468 e. The number of rotatable bonds is 3. The highest BCUT2D eigenvalue weighted by atomic mass is 16.5. The Morgan fingerprint density at radius 2 is 1.67 bits per heavy atom. The first kappa shape index (κ1) is 14.1. The number of esters is 2. The van der Waals surface area contributed by atoms with Crippen molar-refractivity contribution in [2.45, 2.75) is 25.2 Å². The van der Waals surface area contributed by atoms with Gasteiger partial charge >= 0.3 is 11.9 Å². The van der Waals surface area contributed by atoms with E-state index in [2.05, 4.69) is 0 Å². The van der Waals surface area contributed by atoms with Gasteiger partial charge in [-0.05, 0) is 36.7 Å². The Hall–Kier alpha value is -1.84. The molecule has 2 fully saturated rings. The molecule has 4 nitrogen and oxygen atoms in total. The van der Waals surface area contributed by atoms with Crippen molar-refractivity contribution >= 4 is 11.9 Å². The van der Waals surface area contributed by atoms with E-state index in [0.717, 1.165) is 24.8 Å². The first-order valence-corrected chi connectivity index (χ1v) is 7.38. The van der Waals surface area contributed by atoms with Gasteiger partial charge < -0.3 is 9.47 Å². The summed E-state index contributed by atoms with van der Waals surface area (Å²) in [6.07, 6.45) is 2.84. The van der Waals surface area contributed by atoms with Crippen LogP contribution in [0.1, 0.15) is 30.7 Å². The molecule has 2 aliphatic rings. The number of benzene rings is 1. The summed E-state index contributed by atoms with van der Waals surface area (Å²) in [5, 5.41) is 0. The maximum Gasteiger partial charge on any atom is 0.324 e. The Morgan fingerprint density at radius 3 is 2.24 bits per heavy atom. The van der Waals surface area contributed by atoms with Crippen LogP contribution in [0.3, 0.4) is 0 Å². The average molecular weight is 288 g/mol. The zero-order valence-corrected chi connectivity index (χ0v) is 12.4. The van der Waals surface area contributed by atoms with Gasteiger partial charge in [0.15, 0.2) is 5.41 Å². The van der Waals surface area contributed by atoms with Gasteiger partial charge in [-0.2, -0.15) is 0 Å². The predicted octanol–water partition coefficient (Wildman–Crippen LogP) is 2.53. The number of hydrogen-bond acceptors (Lipinski definition) is 4. The molecule has 0 N–H and O–H groups in total. The molecule has 0 amide bonds. The summed E-state index contributed by atoms with van der Waals surface area (Å²) in [4.78, 5) is 25.2. The summed E-state index contributed by atoms with van der Waals surface area (Å²) in [6.45, 7) is 0. The topological polar surface area (TPSA) is 52.6 Å². The maximum absolute atomic E-state index is 12.6. The molecule has 3 atom stereocenters. The molecule has 112 valence electrons. The Balaban J connectivity index is 2.15. The van der Waals surface area contributed by atoms with Crippen LogP contribution in [0.15, 0.2) is 30.3 Å². The van der Waals surface area contributed by atoms with Gasteiger partial charge in [-0.25, -0.2) is 0 Å². The van der Waals surface area contributed by atoms with Gasteiger partial charge in [-0.3, -0.25) is 9.59 Å². The minimum Gasteiger partial charge on any atom is -0.468 e. The van der Waals surface area contributed by atoms with Crippen LogP contribution in [-0.2, 0) is 19.1 Å². The summed E-state index contributed by atoms with van der Waals surface area (Å²) in [7, 11) is 2.70. The highest BCUT2D eigenvalue weighted by molar-refractivity contribution is 6.02. The minimum atomic E-state index is -1.17. The van der Waals surface area contributed by atoms with Crippen molar-refractivity contribution in [3.63, 3.8) is 0 Å². The highest BCUT2D eigenvalue weighted by Crippen LogP contribution is 2.64. The molecular formula is C17H20O4. The molecule has 0 heterocycles. The third kappa shape index (κ3) is 1.81. The summed E-state index contributed by atoms with van der Waals surface area (Å²) >= 11 is 0. The Kier molecular flexibility index (Phi) is 3.47. The van der Waals surface area contributed by atoms with Crippen molar-refractivity contribution in [3.8, 4) is 0 Å². The molecule has 0 saturated heterocycles. The molecule has 3 unspecified atom stereocenters. The van der Waals surface area contributed by atoms with Gasteiger partial charge in [0.25, 0.3) is 0 Å². The van der Waals surface area contributed by atoms with Crippen LogP contribution < -0.4 is 0 Å². The standard InChI is InChI=1S/C17H20O4/c1-20-15(18)17(16(19)21-2)13-9-8-12(10-13)14(17)11-6-4-3-5-7-11/h3-7,12-14H,8-10H2,1-2H3. The minimum absolute atomic E-state index is 0.0209. The van der Waals surface area contributed by atoms with Gasteiger partial charge in [-0.15, -0.1) is 0 Å². The Morgan fingerprint density at radius 1 is 1.05 bits per heavy atom. The van der Waals surface area contributed by atoms with Gasteiger partial charge in [0.1, 0.15) is 0 Å². The monoisotopic (exact) mass is 288 g/mol. The molecule has 4 heteroatoms. The lowest BCUT2D eigenvalue weighted by Gasteiger charge is -2.39. The van der Waals surface area contributed by atoms with Crippen molar-refractivity contribution in [2.75, 3.05) is 14.2 Å². The first-order valence-electron chi connectivity index (χ1n) is 7.38. The van der Waals surface area contributed by atoms with Gasteiger partial charge in [0, 0.05) is 5.92 Å². The second-order valence-electron chi connectivity index (χ2n) is 6.01. The molecule has 0 radical (unpaired) electrons. The maximum atomic E-state index is 12.6. The van der Waals surface area contributed by atoms with E-state index in [1.807, 2.05) is 30.3 Å². The van der Waals surface area contributed by atoms with E-state index in [0.29, 0.717) is 5.92 Å². The smallest absolute Gasteiger partial charge is 0.324 e.